The van der Waals surface area contributed by atoms with Crippen molar-refractivity contribution in [3.8, 4) is 5.75 Å². The Labute approximate surface area is 150 Å². The Kier molecular flexibility index (Phi) is 5.93. The van der Waals surface area contributed by atoms with Gasteiger partial charge in [-0.2, -0.15) is 26.3 Å². The molecule has 0 aliphatic carbocycles. The van der Waals surface area contributed by atoms with E-state index in [4.69, 9.17) is 4.74 Å². The van der Waals surface area contributed by atoms with Gasteiger partial charge in [-0.25, -0.2) is 8.42 Å². The fourth-order valence-electron chi connectivity index (χ4n) is 2.03. The maximum Gasteiger partial charge on any atom is 0.416 e. The van der Waals surface area contributed by atoms with Crippen LogP contribution in [0.2, 0.25) is 0 Å². The van der Waals surface area contributed by atoms with Gasteiger partial charge in [-0.05, 0) is 30.3 Å². The van der Waals surface area contributed by atoms with E-state index in [1.165, 1.54) is 0 Å². The molecule has 11 heteroatoms. The molecule has 2 aromatic rings. The second-order valence-corrected chi connectivity index (χ2v) is 7.22. The number of sulfonamides is 1. The zero-order chi connectivity index (χ0) is 20.3. The third-order valence-corrected chi connectivity index (χ3v) is 4.48. The summed E-state index contributed by atoms with van der Waals surface area (Å²) in [6.45, 7) is -0.343. The van der Waals surface area contributed by atoms with E-state index in [2.05, 4.69) is 0 Å². The van der Waals surface area contributed by atoms with Gasteiger partial charge in [0.05, 0.1) is 11.1 Å². The van der Waals surface area contributed by atoms with Gasteiger partial charge in [-0.3, -0.25) is 4.72 Å². The van der Waals surface area contributed by atoms with Crippen LogP contribution in [0.25, 0.3) is 0 Å². The molecule has 2 aromatic carbocycles. The first-order valence-electron chi connectivity index (χ1n) is 7.35. The molecule has 0 unspecified atom stereocenters. The maximum absolute atomic E-state index is 12.8. The fourth-order valence-corrected chi connectivity index (χ4v) is 2.91. The van der Waals surface area contributed by atoms with Crippen LogP contribution in [0.3, 0.4) is 0 Å². The monoisotopic (exact) mass is 413 g/mol. The Bertz CT molecular complexity index is 847. The van der Waals surface area contributed by atoms with Crippen LogP contribution in [0.5, 0.6) is 5.75 Å². The minimum absolute atomic E-state index is 0.0870. The zero-order valence-electron chi connectivity index (χ0n) is 13.4. The number of halogens is 6. The van der Waals surface area contributed by atoms with E-state index < -0.39 is 44.9 Å². The largest absolute Gasteiger partial charge is 0.492 e. The first-order chi connectivity index (χ1) is 12.4. The number of rotatable bonds is 6. The van der Waals surface area contributed by atoms with Gasteiger partial charge in [-0.1, -0.05) is 18.2 Å². The summed E-state index contributed by atoms with van der Waals surface area (Å²) in [7, 11) is -4.24. The van der Waals surface area contributed by atoms with Gasteiger partial charge in [-0.15, -0.1) is 0 Å². The highest BCUT2D eigenvalue weighted by Crippen LogP contribution is 2.37. The SMILES string of the molecule is O=S(=O)(CCOc1ccccc1)Nc1cc(C(F)(F)F)cc(C(F)(F)F)c1. The van der Waals surface area contributed by atoms with Crippen LogP contribution < -0.4 is 9.46 Å². The molecule has 27 heavy (non-hydrogen) atoms. The van der Waals surface area contributed by atoms with Crippen molar-refractivity contribution in [2.75, 3.05) is 17.1 Å². The second kappa shape index (κ2) is 7.67. The molecule has 0 amide bonds. The lowest BCUT2D eigenvalue weighted by Gasteiger charge is -2.15. The molecule has 148 valence electrons. The summed E-state index contributed by atoms with van der Waals surface area (Å²) < 4.78 is 108. The standard InChI is InChI=1S/C16H13F6NO3S/c17-15(18,19)11-8-12(16(20,21)22)10-13(9-11)23-27(24,25)7-6-26-14-4-2-1-3-5-14/h1-5,8-10,23H,6-7H2. The minimum atomic E-state index is -5.07. The molecule has 0 saturated heterocycles. The average molecular weight is 413 g/mol. The Morgan fingerprint density at radius 2 is 1.37 bits per heavy atom. The quantitative estimate of drug-likeness (QED) is 0.708. The molecule has 0 heterocycles. The third kappa shape index (κ3) is 6.35. The van der Waals surface area contributed by atoms with Crippen LogP contribution >= 0.6 is 0 Å². The van der Waals surface area contributed by atoms with Crippen LogP contribution in [0.4, 0.5) is 32.0 Å². The molecule has 4 nitrogen and oxygen atoms in total. The van der Waals surface area contributed by atoms with E-state index in [9.17, 15) is 34.8 Å². The summed E-state index contributed by atoms with van der Waals surface area (Å²) in [5.41, 5.74) is -4.07. The second-order valence-electron chi connectivity index (χ2n) is 5.38. The predicted molar refractivity (Wildman–Crippen MR) is 85.8 cm³/mol. The number of benzene rings is 2. The van der Waals surface area contributed by atoms with Gasteiger partial charge in [0, 0.05) is 5.69 Å². The number of nitrogens with one attached hydrogen (secondary N) is 1. The van der Waals surface area contributed by atoms with Crippen LogP contribution in [-0.4, -0.2) is 20.8 Å². The number of para-hydroxylation sites is 1. The van der Waals surface area contributed by atoms with Crippen molar-refractivity contribution in [3.05, 3.63) is 59.7 Å². The Balaban J connectivity index is 2.16. The van der Waals surface area contributed by atoms with Gasteiger partial charge >= 0.3 is 12.4 Å². The van der Waals surface area contributed by atoms with Gasteiger partial charge in [0.25, 0.3) is 0 Å². The molecule has 0 fully saturated rings. The van der Waals surface area contributed by atoms with Crippen molar-refractivity contribution in [2.45, 2.75) is 12.4 Å². The van der Waals surface area contributed by atoms with Crippen LogP contribution in [0.1, 0.15) is 11.1 Å². The van der Waals surface area contributed by atoms with Gasteiger partial charge in [0.15, 0.2) is 0 Å². The highest BCUT2D eigenvalue weighted by molar-refractivity contribution is 7.92. The highest BCUT2D eigenvalue weighted by atomic mass is 32.2. The lowest BCUT2D eigenvalue weighted by Crippen LogP contribution is -2.22. The van der Waals surface area contributed by atoms with Crippen LogP contribution in [0, 0.1) is 0 Å². The lowest BCUT2D eigenvalue weighted by molar-refractivity contribution is -0.143. The first-order valence-corrected chi connectivity index (χ1v) is 9.00. The average Bonchev–Trinajstić information content (AvgIpc) is 2.53. The predicted octanol–water partition coefficient (Wildman–Crippen LogP) is 4.54. The third-order valence-electron chi connectivity index (χ3n) is 3.23. The number of anilines is 1. The summed E-state index contributed by atoms with van der Waals surface area (Å²) in [5.74, 6) is -0.300. The summed E-state index contributed by atoms with van der Waals surface area (Å²) in [6, 6.07) is 8.61. The van der Waals surface area contributed by atoms with E-state index in [1.54, 1.807) is 35.1 Å². The van der Waals surface area contributed by atoms with Crippen molar-refractivity contribution >= 4 is 15.7 Å². The molecule has 0 spiro atoms. The molecule has 2 rings (SSSR count). The molecular weight excluding hydrogens is 400 g/mol. The maximum atomic E-state index is 12.8. The smallest absolute Gasteiger partial charge is 0.416 e. The van der Waals surface area contributed by atoms with Gasteiger partial charge < -0.3 is 4.74 Å². The molecule has 0 aromatic heterocycles. The van der Waals surface area contributed by atoms with E-state index in [0.717, 1.165) is 0 Å². The summed E-state index contributed by atoms with van der Waals surface area (Å²) in [6.07, 6.45) is -10.1. The Morgan fingerprint density at radius 3 is 1.85 bits per heavy atom. The molecule has 0 bridgehead atoms. The number of hydrogen-bond donors (Lipinski definition) is 1. The normalized spacial score (nSPS) is 12.7. The molecule has 0 atom stereocenters. The molecular formula is C16H13F6NO3S. The Hall–Kier alpha value is -2.43. The van der Waals surface area contributed by atoms with Crippen molar-refractivity contribution in [1.29, 1.82) is 0 Å². The van der Waals surface area contributed by atoms with Crippen molar-refractivity contribution in [1.82, 2.24) is 0 Å². The van der Waals surface area contributed by atoms with Gasteiger partial charge in [0.1, 0.15) is 18.1 Å². The van der Waals surface area contributed by atoms with Gasteiger partial charge in [0.2, 0.25) is 10.0 Å². The van der Waals surface area contributed by atoms with Crippen molar-refractivity contribution in [3.63, 3.8) is 0 Å². The summed E-state index contributed by atoms with van der Waals surface area (Å²) in [4.78, 5) is 0. The molecule has 0 aliphatic rings. The summed E-state index contributed by atoms with van der Waals surface area (Å²) >= 11 is 0. The molecule has 1 N–H and O–H groups in total. The molecule has 0 aliphatic heterocycles. The molecule has 0 saturated carbocycles. The van der Waals surface area contributed by atoms with E-state index in [1.807, 2.05) is 0 Å². The van der Waals surface area contributed by atoms with E-state index >= 15 is 0 Å². The number of hydrogen-bond acceptors (Lipinski definition) is 3. The minimum Gasteiger partial charge on any atom is -0.492 e. The number of ether oxygens (including phenoxy) is 1. The van der Waals surface area contributed by atoms with E-state index in [0.29, 0.717) is 17.9 Å². The van der Waals surface area contributed by atoms with Crippen molar-refractivity contribution in [2.24, 2.45) is 0 Å². The van der Waals surface area contributed by atoms with Crippen molar-refractivity contribution < 1.29 is 39.5 Å². The lowest BCUT2D eigenvalue weighted by atomic mass is 10.1. The van der Waals surface area contributed by atoms with Crippen LogP contribution in [-0.2, 0) is 22.4 Å². The fraction of sp³-hybridized carbons (Fsp3) is 0.250. The summed E-state index contributed by atoms with van der Waals surface area (Å²) in [5, 5.41) is 0. The Morgan fingerprint density at radius 1 is 0.852 bits per heavy atom. The first kappa shape index (κ1) is 20.9. The zero-order valence-corrected chi connectivity index (χ0v) is 14.3. The molecule has 0 radical (unpaired) electrons. The number of alkyl halides is 6. The van der Waals surface area contributed by atoms with E-state index in [-0.39, 0.29) is 12.7 Å². The topological polar surface area (TPSA) is 55.4 Å². The highest BCUT2D eigenvalue weighted by Gasteiger charge is 2.37. The van der Waals surface area contributed by atoms with Crippen LogP contribution in [0.15, 0.2) is 48.5 Å².